The number of ether oxygens (including phenoxy) is 1. The maximum atomic E-state index is 12.3. The molecule has 2 aromatic rings. The Morgan fingerprint density at radius 2 is 2.07 bits per heavy atom. The van der Waals surface area contributed by atoms with E-state index in [9.17, 15) is 4.79 Å². The van der Waals surface area contributed by atoms with Gasteiger partial charge in [0.1, 0.15) is 5.60 Å². The highest BCUT2D eigenvalue weighted by molar-refractivity contribution is 7.16. The molecule has 0 bridgehead atoms. The Morgan fingerprint density at radius 1 is 1.29 bits per heavy atom. The first kappa shape index (κ1) is 18.6. The highest BCUT2D eigenvalue weighted by Gasteiger charge is 2.46. The molecule has 2 fully saturated rings. The Balaban J connectivity index is 1.39. The van der Waals surface area contributed by atoms with Crippen molar-refractivity contribution in [1.82, 2.24) is 10.6 Å². The smallest absolute Gasteiger partial charge is 0.251 e. The number of rotatable bonds is 3. The van der Waals surface area contributed by atoms with Crippen LogP contribution in [0.15, 0.2) is 30.3 Å². The van der Waals surface area contributed by atoms with Gasteiger partial charge in [0.2, 0.25) is 0 Å². The monoisotopic (exact) mass is 416 g/mol. The second-order valence-electron chi connectivity index (χ2n) is 8.40. The number of hydrogen-bond acceptors (Lipinski definition) is 4. The van der Waals surface area contributed by atoms with E-state index in [0.29, 0.717) is 12.1 Å². The molecular weight excluding hydrogens is 392 g/mol. The molecule has 1 aliphatic carbocycles. The van der Waals surface area contributed by atoms with Crippen molar-refractivity contribution in [2.24, 2.45) is 0 Å². The van der Waals surface area contributed by atoms with Crippen LogP contribution in [0.3, 0.4) is 0 Å². The Kier molecular flexibility index (Phi) is 4.74. The molecule has 28 heavy (non-hydrogen) atoms. The highest BCUT2D eigenvalue weighted by Crippen LogP contribution is 2.50. The van der Waals surface area contributed by atoms with E-state index in [-0.39, 0.29) is 17.6 Å². The zero-order chi connectivity index (χ0) is 19.3. The fourth-order valence-electron chi connectivity index (χ4n) is 4.64. The molecule has 3 aliphatic rings. The molecule has 1 saturated heterocycles. The Hall–Kier alpha value is -1.40. The number of thiophene rings is 1. The van der Waals surface area contributed by atoms with Crippen LogP contribution < -0.4 is 10.6 Å². The molecule has 1 spiro atoms. The molecule has 2 aliphatic heterocycles. The van der Waals surface area contributed by atoms with Crippen molar-refractivity contribution in [1.29, 1.82) is 0 Å². The lowest BCUT2D eigenvalue weighted by atomic mass is 9.78. The van der Waals surface area contributed by atoms with Crippen LogP contribution in [0.25, 0.3) is 0 Å². The van der Waals surface area contributed by atoms with Gasteiger partial charge in [0.25, 0.3) is 5.91 Å². The van der Waals surface area contributed by atoms with Gasteiger partial charge in [0, 0.05) is 35.0 Å². The van der Waals surface area contributed by atoms with Gasteiger partial charge in [0.05, 0.1) is 10.9 Å². The van der Waals surface area contributed by atoms with E-state index in [4.69, 9.17) is 16.3 Å². The van der Waals surface area contributed by atoms with E-state index in [0.717, 1.165) is 48.6 Å². The van der Waals surface area contributed by atoms with Gasteiger partial charge >= 0.3 is 0 Å². The predicted octanol–water partition coefficient (Wildman–Crippen LogP) is 4.57. The third-order valence-electron chi connectivity index (χ3n) is 6.09. The zero-order valence-electron chi connectivity index (χ0n) is 16.0. The minimum atomic E-state index is -0.261. The van der Waals surface area contributed by atoms with Gasteiger partial charge in [-0.3, -0.25) is 4.79 Å². The molecule has 1 saturated carbocycles. The van der Waals surface area contributed by atoms with Gasteiger partial charge in [-0.25, -0.2) is 0 Å². The third kappa shape index (κ3) is 3.50. The molecule has 1 aromatic carbocycles. The molecule has 148 valence electrons. The summed E-state index contributed by atoms with van der Waals surface area (Å²) in [5.41, 5.74) is 3.02. The summed E-state index contributed by atoms with van der Waals surface area (Å²) < 4.78 is 7.28. The summed E-state index contributed by atoms with van der Waals surface area (Å²) >= 11 is 8.01. The number of piperidine rings is 1. The second kappa shape index (κ2) is 7.13. The van der Waals surface area contributed by atoms with Crippen LogP contribution in [0.1, 0.15) is 65.0 Å². The predicted molar refractivity (Wildman–Crippen MR) is 112 cm³/mol. The van der Waals surface area contributed by atoms with E-state index in [1.807, 2.05) is 12.1 Å². The summed E-state index contributed by atoms with van der Waals surface area (Å²) in [6.45, 7) is 2.97. The average molecular weight is 417 g/mol. The first-order valence-corrected chi connectivity index (χ1v) is 11.3. The maximum Gasteiger partial charge on any atom is 0.251 e. The van der Waals surface area contributed by atoms with Crippen molar-refractivity contribution in [3.63, 3.8) is 0 Å². The number of amides is 1. The molecule has 1 aromatic heterocycles. The van der Waals surface area contributed by atoms with Crippen LogP contribution in [0.2, 0.25) is 4.34 Å². The molecule has 4 nitrogen and oxygen atoms in total. The summed E-state index contributed by atoms with van der Waals surface area (Å²) in [5.74, 6) is 0.0315. The van der Waals surface area contributed by atoms with Crippen LogP contribution in [0, 0.1) is 0 Å². The number of benzene rings is 1. The first-order valence-electron chi connectivity index (χ1n) is 10.1. The van der Waals surface area contributed by atoms with E-state index in [2.05, 4.69) is 35.8 Å². The maximum absolute atomic E-state index is 12.3. The number of hydrogen-bond donors (Lipinski definition) is 2. The van der Waals surface area contributed by atoms with Crippen LogP contribution in [0.5, 0.6) is 0 Å². The van der Waals surface area contributed by atoms with Gasteiger partial charge in [-0.15, -0.1) is 11.3 Å². The fourth-order valence-corrected chi connectivity index (χ4v) is 6.10. The number of carbonyl (C=O) groups excluding carboxylic acids is 1. The normalized spacial score (nSPS) is 29.5. The van der Waals surface area contributed by atoms with Gasteiger partial charge in [-0.05, 0) is 61.9 Å². The molecule has 5 rings (SSSR count). The van der Waals surface area contributed by atoms with Crippen LogP contribution in [-0.4, -0.2) is 24.6 Å². The van der Waals surface area contributed by atoms with E-state index < -0.39 is 0 Å². The first-order chi connectivity index (χ1) is 13.5. The Morgan fingerprint density at radius 3 is 2.82 bits per heavy atom. The van der Waals surface area contributed by atoms with Crippen LogP contribution in [0.4, 0.5) is 0 Å². The zero-order valence-corrected chi connectivity index (χ0v) is 17.5. The molecule has 3 heterocycles. The number of halogens is 1. The van der Waals surface area contributed by atoms with Crippen molar-refractivity contribution < 1.29 is 9.53 Å². The average Bonchev–Trinajstić information content (AvgIpc) is 3.40. The van der Waals surface area contributed by atoms with Crippen molar-refractivity contribution in [2.45, 2.75) is 62.8 Å². The molecule has 0 unspecified atom stereocenters. The van der Waals surface area contributed by atoms with Crippen molar-refractivity contribution in [2.75, 3.05) is 6.61 Å². The second-order valence-corrected chi connectivity index (χ2v) is 10.1. The standard InChI is InChI=1S/C22H25ClN2O2S/c1-13-11-22(20-16(8-9-27-22)10-19(23)28-20)12-18(24-13)14-2-4-15(5-3-14)21(26)25-17-6-7-17/h2-5,10,13,17-18,24H,6-9,11-12H2,1H3,(H,25,26)/t13-,18-,22-/m0/s1. The number of fused-ring (bicyclic) bond motifs is 2. The lowest BCUT2D eigenvalue weighted by Crippen LogP contribution is -2.49. The highest BCUT2D eigenvalue weighted by atomic mass is 35.5. The van der Waals surface area contributed by atoms with Crippen LogP contribution in [-0.2, 0) is 16.8 Å². The minimum absolute atomic E-state index is 0.0315. The van der Waals surface area contributed by atoms with E-state index >= 15 is 0 Å². The summed E-state index contributed by atoms with van der Waals surface area (Å²) in [5, 5.41) is 6.77. The molecule has 1 amide bonds. The van der Waals surface area contributed by atoms with Gasteiger partial charge < -0.3 is 15.4 Å². The van der Waals surface area contributed by atoms with Gasteiger partial charge in [-0.1, -0.05) is 23.7 Å². The molecule has 3 atom stereocenters. The van der Waals surface area contributed by atoms with Gasteiger partial charge in [0.15, 0.2) is 0 Å². The van der Waals surface area contributed by atoms with E-state index in [1.54, 1.807) is 11.3 Å². The third-order valence-corrected chi connectivity index (χ3v) is 7.58. The topological polar surface area (TPSA) is 50.4 Å². The lowest BCUT2D eigenvalue weighted by Gasteiger charge is -2.46. The van der Waals surface area contributed by atoms with Gasteiger partial charge in [-0.2, -0.15) is 0 Å². The van der Waals surface area contributed by atoms with Crippen molar-refractivity contribution in [3.05, 3.63) is 56.2 Å². The minimum Gasteiger partial charge on any atom is -0.369 e. The van der Waals surface area contributed by atoms with Crippen molar-refractivity contribution in [3.8, 4) is 0 Å². The summed E-state index contributed by atoms with van der Waals surface area (Å²) in [4.78, 5) is 13.6. The summed E-state index contributed by atoms with van der Waals surface area (Å²) in [6.07, 6.45) is 4.98. The van der Waals surface area contributed by atoms with E-state index in [1.165, 1.54) is 16.0 Å². The largest absolute Gasteiger partial charge is 0.369 e. The molecular formula is C22H25ClN2O2S. The Bertz CT molecular complexity index is 892. The summed E-state index contributed by atoms with van der Waals surface area (Å²) in [7, 11) is 0. The van der Waals surface area contributed by atoms with Crippen molar-refractivity contribution >= 4 is 28.8 Å². The molecule has 2 N–H and O–H groups in total. The number of carbonyl (C=O) groups is 1. The SMILES string of the molecule is C[C@H]1C[C@@]2(C[C@@H](c3ccc(C(=O)NC4CC4)cc3)N1)OCCc1cc(Cl)sc12. The quantitative estimate of drug-likeness (QED) is 0.770. The van der Waals surface area contributed by atoms with Crippen LogP contribution >= 0.6 is 22.9 Å². The number of nitrogens with one attached hydrogen (secondary N) is 2. The fraction of sp³-hybridized carbons (Fsp3) is 0.500. The lowest BCUT2D eigenvalue weighted by molar-refractivity contribution is -0.0954. The summed E-state index contributed by atoms with van der Waals surface area (Å²) in [6, 6.07) is 11.1. The molecule has 0 radical (unpaired) electrons. The Labute approximate surface area is 174 Å². The molecule has 6 heteroatoms.